The van der Waals surface area contributed by atoms with Crippen molar-refractivity contribution in [3.05, 3.63) is 59.7 Å². The van der Waals surface area contributed by atoms with Crippen LogP contribution in [0, 0.1) is 5.41 Å². The predicted octanol–water partition coefficient (Wildman–Crippen LogP) is 5.99. The lowest BCUT2D eigenvalue weighted by molar-refractivity contribution is -0.143. The minimum atomic E-state index is -0.539. The number of fused-ring (bicyclic) bond motifs is 1. The van der Waals surface area contributed by atoms with Gasteiger partial charge in [-0.05, 0) is 80.6 Å². The standard InChI is InChI=1S/C27H32FNO3S/c1-27(2,3)26(30)32-21-9-10-24-23(12-16-33-25(24)17-21)19-5-7-20(8-6-19)31-22-11-15-29(18-22)14-4-13-28/h5-10,12,17,22H,4,11,13-16,18H2,1-3H3/t22-/m0/s1. The average Bonchev–Trinajstić information content (AvgIpc) is 3.24. The van der Waals surface area contributed by atoms with E-state index >= 15 is 0 Å². The Hall–Kier alpha value is -2.31. The van der Waals surface area contributed by atoms with Crippen molar-refractivity contribution in [3.8, 4) is 11.5 Å². The Kier molecular flexibility index (Phi) is 7.45. The van der Waals surface area contributed by atoms with Gasteiger partial charge in [0.05, 0.1) is 12.1 Å². The Morgan fingerprint density at radius 2 is 1.91 bits per heavy atom. The molecular formula is C27H32FNO3S. The Labute approximate surface area is 200 Å². The smallest absolute Gasteiger partial charge is 0.316 e. The van der Waals surface area contributed by atoms with Crippen LogP contribution in [0.4, 0.5) is 4.39 Å². The highest BCUT2D eigenvalue weighted by Gasteiger charge is 2.25. The zero-order chi connectivity index (χ0) is 23.4. The van der Waals surface area contributed by atoms with Crippen LogP contribution < -0.4 is 9.47 Å². The number of benzene rings is 2. The number of carbonyl (C=O) groups excluding carboxylic acids is 1. The molecule has 2 aliphatic rings. The topological polar surface area (TPSA) is 38.8 Å². The van der Waals surface area contributed by atoms with Crippen molar-refractivity contribution in [2.75, 3.05) is 32.1 Å². The molecule has 0 N–H and O–H groups in total. The van der Waals surface area contributed by atoms with Gasteiger partial charge in [0.25, 0.3) is 0 Å². The highest BCUT2D eigenvalue weighted by Crippen LogP contribution is 2.39. The zero-order valence-electron chi connectivity index (χ0n) is 19.6. The maximum Gasteiger partial charge on any atom is 0.316 e. The molecule has 0 aliphatic carbocycles. The van der Waals surface area contributed by atoms with Gasteiger partial charge in [0.15, 0.2) is 0 Å². The summed E-state index contributed by atoms with van der Waals surface area (Å²) in [4.78, 5) is 15.6. The summed E-state index contributed by atoms with van der Waals surface area (Å²) in [5.41, 5.74) is 2.93. The summed E-state index contributed by atoms with van der Waals surface area (Å²) in [5.74, 6) is 2.09. The fourth-order valence-corrected chi connectivity index (χ4v) is 5.01. The van der Waals surface area contributed by atoms with Gasteiger partial charge in [-0.2, -0.15) is 0 Å². The summed E-state index contributed by atoms with van der Waals surface area (Å²) in [6, 6.07) is 14.1. The fraction of sp³-hybridized carbons (Fsp3) is 0.444. The molecule has 2 aromatic carbocycles. The van der Waals surface area contributed by atoms with E-state index in [-0.39, 0.29) is 18.7 Å². The molecule has 6 heteroatoms. The summed E-state index contributed by atoms with van der Waals surface area (Å²) in [6.07, 6.45) is 3.97. The number of hydrogen-bond acceptors (Lipinski definition) is 5. The lowest BCUT2D eigenvalue weighted by atomic mass is 9.96. The van der Waals surface area contributed by atoms with Crippen molar-refractivity contribution in [1.82, 2.24) is 4.90 Å². The van der Waals surface area contributed by atoms with Crippen molar-refractivity contribution in [2.24, 2.45) is 5.41 Å². The lowest BCUT2D eigenvalue weighted by Gasteiger charge is -2.21. The zero-order valence-corrected chi connectivity index (χ0v) is 20.4. The van der Waals surface area contributed by atoms with Gasteiger partial charge < -0.3 is 9.47 Å². The molecule has 0 aromatic heterocycles. The number of rotatable bonds is 7. The maximum atomic E-state index is 12.4. The van der Waals surface area contributed by atoms with E-state index in [0.717, 1.165) is 53.6 Å². The molecule has 0 spiro atoms. The number of hydrogen-bond donors (Lipinski definition) is 0. The van der Waals surface area contributed by atoms with Crippen LogP contribution in [0.1, 0.15) is 44.7 Å². The van der Waals surface area contributed by atoms with Gasteiger partial charge in [-0.1, -0.05) is 18.2 Å². The van der Waals surface area contributed by atoms with Crippen LogP contribution in [0.15, 0.2) is 53.4 Å². The molecule has 2 heterocycles. The molecule has 2 aliphatic heterocycles. The van der Waals surface area contributed by atoms with E-state index in [1.165, 1.54) is 5.57 Å². The van der Waals surface area contributed by atoms with Crippen LogP contribution in [-0.2, 0) is 4.79 Å². The fourth-order valence-electron chi connectivity index (χ4n) is 4.05. The van der Waals surface area contributed by atoms with Crippen LogP contribution in [0.3, 0.4) is 0 Å². The third-order valence-electron chi connectivity index (χ3n) is 5.90. The molecule has 0 saturated carbocycles. The van der Waals surface area contributed by atoms with E-state index < -0.39 is 5.41 Å². The molecule has 1 fully saturated rings. The van der Waals surface area contributed by atoms with Gasteiger partial charge in [0.1, 0.15) is 17.6 Å². The van der Waals surface area contributed by atoms with Crippen molar-refractivity contribution >= 4 is 23.3 Å². The normalized spacial score (nSPS) is 18.5. The van der Waals surface area contributed by atoms with Crippen LogP contribution in [0.5, 0.6) is 11.5 Å². The SMILES string of the molecule is CC(C)(C)C(=O)Oc1ccc2c(c1)SCC=C2c1ccc(O[C@H]2CCN(CCCF)C2)cc1. The highest BCUT2D eigenvalue weighted by atomic mass is 32.2. The first-order valence-corrected chi connectivity index (χ1v) is 12.6. The van der Waals surface area contributed by atoms with Gasteiger partial charge >= 0.3 is 5.97 Å². The van der Waals surface area contributed by atoms with Gasteiger partial charge in [-0.3, -0.25) is 14.1 Å². The largest absolute Gasteiger partial charge is 0.489 e. The molecule has 0 amide bonds. The number of alkyl halides is 1. The molecule has 0 radical (unpaired) electrons. The summed E-state index contributed by atoms with van der Waals surface area (Å²) in [7, 11) is 0. The first-order chi connectivity index (χ1) is 15.8. The number of halogens is 1. The predicted molar refractivity (Wildman–Crippen MR) is 132 cm³/mol. The summed E-state index contributed by atoms with van der Waals surface area (Å²) in [5, 5.41) is 0. The molecule has 1 atom stereocenters. The van der Waals surface area contributed by atoms with E-state index in [1.807, 2.05) is 51.1 Å². The minimum Gasteiger partial charge on any atom is -0.489 e. The molecule has 4 rings (SSSR count). The van der Waals surface area contributed by atoms with E-state index in [0.29, 0.717) is 12.2 Å². The van der Waals surface area contributed by atoms with Gasteiger partial charge in [0, 0.05) is 30.3 Å². The first-order valence-electron chi connectivity index (χ1n) is 11.6. The lowest BCUT2D eigenvalue weighted by Crippen LogP contribution is -2.26. The number of thioether (sulfide) groups is 1. The Balaban J connectivity index is 1.42. The van der Waals surface area contributed by atoms with E-state index in [9.17, 15) is 9.18 Å². The second kappa shape index (κ2) is 10.3. The van der Waals surface area contributed by atoms with Crippen LogP contribution >= 0.6 is 11.8 Å². The molecule has 33 heavy (non-hydrogen) atoms. The van der Waals surface area contributed by atoms with Crippen LogP contribution in [-0.4, -0.2) is 49.0 Å². The van der Waals surface area contributed by atoms with Gasteiger partial charge in [-0.15, -0.1) is 11.8 Å². The molecule has 176 valence electrons. The van der Waals surface area contributed by atoms with Crippen molar-refractivity contribution in [2.45, 2.75) is 44.6 Å². The molecule has 4 nitrogen and oxygen atoms in total. The summed E-state index contributed by atoms with van der Waals surface area (Å²) in [6.45, 7) is 7.93. The van der Waals surface area contributed by atoms with Crippen molar-refractivity contribution in [3.63, 3.8) is 0 Å². The molecular weight excluding hydrogens is 437 g/mol. The van der Waals surface area contributed by atoms with Crippen LogP contribution in [0.25, 0.3) is 5.57 Å². The minimum absolute atomic E-state index is 0.163. The Morgan fingerprint density at radius 3 is 2.64 bits per heavy atom. The molecule has 0 bridgehead atoms. The quantitative estimate of drug-likeness (QED) is 0.368. The highest BCUT2D eigenvalue weighted by molar-refractivity contribution is 7.99. The number of esters is 1. The maximum absolute atomic E-state index is 12.4. The van der Waals surface area contributed by atoms with Gasteiger partial charge in [0.2, 0.25) is 0 Å². The van der Waals surface area contributed by atoms with E-state index in [1.54, 1.807) is 11.8 Å². The molecule has 2 aromatic rings. The van der Waals surface area contributed by atoms with Gasteiger partial charge in [-0.25, -0.2) is 0 Å². The first kappa shape index (κ1) is 23.8. The second-order valence-corrected chi connectivity index (χ2v) is 10.7. The Bertz CT molecular complexity index is 1010. The Morgan fingerprint density at radius 1 is 1.15 bits per heavy atom. The monoisotopic (exact) mass is 469 g/mol. The number of nitrogens with zero attached hydrogens (tertiary/aromatic N) is 1. The molecule has 0 unspecified atom stereocenters. The number of carbonyl (C=O) groups is 1. The third-order valence-corrected chi connectivity index (χ3v) is 6.88. The molecule has 1 saturated heterocycles. The third kappa shape index (κ3) is 5.98. The van der Waals surface area contributed by atoms with E-state index in [4.69, 9.17) is 9.47 Å². The summed E-state index contributed by atoms with van der Waals surface area (Å²) < 4.78 is 24.2. The van der Waals surface area contributed by atoms with Crippen LogP contribution in [0.2, 0.25) is 0 Å². The second-order valence-electron chi connectivity index (χ2n) is 9.62. The summed E-state index contributed by atoms with van der Waals surface area (Å²) >= 11 is 1.75. The number of likely N-dealkylation sites (tertiary alicyclic amines) is 1. The van der Waals surface area contributed by atoms with E-state index in [2.05, 4.69) is 23.1 Å². The van der Waals surface area contributed by atoms with Crippen molar-refractivity contribution in [1.29, 1.82) is 0 Å². The van der Waals surface area contributed by atoms with Crippen molar-refractivity contribution < 1.29 is 18.7 Å². The number of ether oxygens (including phenoxy) is 2. The average molecular weight is 470 g/mol.